The molecule has 21 heavy (non-hydrogen) atoms. The zero-order valence-corrected chi connectivity index (χ0v) is 12.3. The lowest BCUT2D eigenvalue weighted by molar-refractivity contribution is -0.145. The topological polar surface area (TPSA) is 105 Å². The van der Waals surface area contributed by atoms with E-state index in [0.717, 1.165) is 0 Å². The van der Waals surface area contributed by atoms with Crippen molar-refractivity contribution >= 4 is 18.0 Å². The molecule has 2 unspecified atom stereocenters. The van der Waals surface area contributed by atoms with Crippen molar-refractivity contribution in [3.8, 4) is 0 Å². The Morgan fingerprint density at radius 3 is 2.81 bits per heavy atom. The fourth-order valence-corrected chi connectivity index (χ4v) is 2.01. The van der Waals surface area contributed by atoms with Crippen LogP contribution in [0.2, 0.25) is 0 Å². The number of urea groups is 1. The van der Waals surface area contributed by atoms with Crippen LogP contribution in [0.3, 0.4) is 0 Å². The molecule has 0 aromatic rings. The number of aliphatic carboxylic acids is 1. The summed E-state index contributed by atoms with van der Waals surface area (Å²) < 4.78 is 9.99. The summed E-state index contributed by atoms with van der Waals surface area (Å²) in [6.07, 6.45) is 0.118. The summed E-state index contributed by atoms with van der Waals surface area (Å²) in [5.41, 5.74) is 0. The first-order valence-corrected chi connectivity index (χ1v) is 6.88. The van der Waals surface area contributed by atoms with Crippen molar-refractivity contribution in [1.29, 1.82) is 0 Å². The second-order valence-corrected chi connectivity index (χ2v) is 5.00. The number of ether oxygens (including phenoxy) is 2. The summed E-state index contributed by atoms with van der Waals surface area (Å²) in [5.74, 6) is -1.27. The highest BCUT2D eigenvalue weighted by Gasteiger charge is 2.26. The molecule has 0 aromatic carbocycles. The maximum absolute atomic E-state index is 12.0. The molecule has 1 fully saturated rings. The highest BCUT2D eigenvalue weighted by atomic mass is 16.5. The minimum atomic E-state index is -0.888. The first-order valence-electron chi connectivity index (χ1n) is 6.88. The number of amides is 2. The lowest BCUT2D eigenvalue weighted by Crippen LogP contribution is -2.51. The van der Waals surface area contributed by atoms with Crippen LogP contribution in [0.15, 0.2) is 0 Å². The average Bonchev–Trinajstić information content (AvgIpc) is 2.45. The normalized spacial score (nSPS) is 19.7. The van der Waals surface area contributed by atoms with Crippen LogP contribution in [-0.2, 0) is 19.1 Å². The van der Waals surface area contributed by atoms with Gasteiger partial charge < -0.3 is 24.8 Å². The van der Waals surface area contributed by atoms with Gasteiger partial charge in [-0.1, -0.05) is 0 Å². The Kier molecular flexibility index (Phi) is 6.93. The van der Waals surface area contributed by atoms with E-state index in [-0.39, 0.29) is 37.0 Å². The Balaban J connectivity index is 2.39. The van der Waals surface area contributed by atoms with Gasteiger partial charge in [0.05, 0.1) is 26.2 Å². The van der Waals surface area contributed by atoms with E-state index >= 15 is 0 Å². The molecule has 0 aliphatic carbocycles. The number of methoxy groups -OCH3 is 1. The number of carboxylic acids is 1. The van der Waals surface area contributed by atoms with Crippen LogP contribution in [0.4, 0.5) is 4.79 Å². The van der Waals surface area contributed by atoms with E-state index in [1.54, 1.807) is 11.8 Å². The van der Waals surface area contributed by atoms with E-state index in [4.69, 9.17) is 9.84 Å². The standard InChI is InChI=1S/C13H22N2O6/c1-9(3-4-11(16)17)14-13(19)15-5-6-21-10(8-15)7-12(18)20-2/h9-10H,3-8H2,1-2H3,(H,14,19)(H,16,17). The quantitative estimate of drug-likeness (QED) is 0.680. The van der Waals surface area contributed by atoms with Gasteiger partial charge in [-0.2, -0.15) is 0 Å². The fraction of sp³-hybridized carbons (Fsp3) is 0.769. The summed E-state index contributed by atoms with van der Waals surface area (Å²) in [5, 5.41) is 11.3. The Labute approximate surface area is 123 Å². The van der Waals surface area contributed by atoms with E-state index < -0.39 is 5.97 Å². The highest BCUT2D eigenvalue weighted by Crippen LogP contribution is 2.10. The van der Waals surface area contributed by atoms with Crippen molar-refractivity contribution in [1.82, 2.24) is 10.2 Å². The molecule has 0 saturated carbocycles. The molecule has 0 spiro atoms. The molecule has 8 heteroatoms. The van der Waals surface area contributed by atoms with Crippen molar-refractivity contribution in [3.63, 3.8) is 0 Å². The van der Waals surface area contributed by atoms with Crippen LogP contribution in [0.25, 0.3) is 0 Å². The third kappa shape index (κ3) is 6.44. The van der Waals surface area contributed by atoms with Gasteiger partial charge >= 0.3 is 18.0 Å². The van der Waals surface area contributed by atoms with Gasteiger partial charge in [0.2, 0.25) is 0 Å². The zero-order valence-electron chi connectivity index (χ0n) is 12.3. The van der Waals surface area contributed by atoms with E-state index in [1.807, 2.05) is 0 Å². The summed E-state index contributed by atoms with van der Waals surface area (Å²) >= 11 is 0. The molecular formula is C13H22N2O6. The minimum Gasteiger partial charge on any atom is -0.481 e. The molecule has 1 saturated heterocycles. The number of nitrogens with zero attached hydrogens (tertiary/aromatic N) is 1. The lowest BCUT2D eigenvalue weighted by atomic mass is 10.2. The molecule has 120 valence electrons. The molecule has 1 aliphatic heterocycles. The highest BCUT2D eigenvalue weighted by molar-refractivity contribution is 5.75. The number of carboxylic acid groups (broad SMARTS) is 1. The van der Waals surface area contributed by atoms with Crippen LogP contribution in [0, 0.1) is 0 Å². The van der Waals surface area contributed by atoms with Crippen molar-refractivity contribution in [3.05, 3.63) is 0 Å². The van der Waals surface area contributed by atoms with Crippen molar-refractivity contribution in [2.24, 2.45) is 0 Å². The van der Waals surface area contributed by atoms with E-state index in [0.29, 0.717) is 26.1 Å². The van der Waals surface area contributed by atoms with E-state index in [1.165, 1.54) is 7.11 Å². The zero-order chi connectivity index (χ0) is 15.8. The minimum absolute atomic E-state index is 0.00945. The number of carbonyl (C=O) groups excluding carboxylic acids is 2. The largest absolute Gasteiger partial charge is 0.481 e. The predicted molar refractivity (Wildman–Crippen MR) is 72.8 cm³/mol. The number of nitrogens with one attached hydrogen (secondary N) is 1. The molecule has 0 radical (unpaired) electrons. The predicted octanol–water partition coefficient (Wildman–Crippen LogP) is 0.213. The van der Waals surface area contributed by atoms with Gasteiger partial charge in [0.1, 0.15) is 0 Å². The molecule has 1 rings (SSSR count). The number of esters is 1. The Hall–Kier alpha value is -1.83. The molecule has 8 nitrogen and oxygen atoms in total. The Bertz CT molecular complexity index is 387. The van der Waals surface area contributed by atoms with Gasteiger partial charge in [0, 0.05) is 25.6 Å². The second-order valence-electron chi connectivity index (χ2n) is 5.00. The van der Waals surface area contributed by atoms with Crippen molar-refractivity contribution in [2.75, 3.05) is 26.8 Å². The van der Waals surface area contributed by atoms with Crippen molar-refractivity contribution in [2.45, 2.75) is 38.3 Å². The van der Waals surface area contributed by atoms with Gasteiger partial charge in [-0.05, 0) is 13.3 Å². The van der Waals surface area contributed by atoms with Gasteiger partial charge in [0.25, 0.3) is 0 Å². The van der Waals surface area contributed by atoms with Gasteiger partial charge in [-0.15, -0.1) is 0 Å². The van der Waals surface area contributed by atoms with Crippen LogP contribution >= 0.6 is 0 Å². The molecule has 2 amide bonds. The molecule has 2 N–H and O–H groups in total. The second kappa shape index (κ2) is 8.46. The summed E-state index contributed by atoms with van der Waals surface area (Å²) in [7, 11) is 1.31. The molecule has 1 heterocycles. The van der Waals surface area contributed by atoms with Crippen molar-refractivity contribution < 1.29 is 29.0 Å². The molecular weight excluding hydrogens is 280 g/mol. The summed E-state index contributed by atoms with van der Waals surface area (Å²) in [6, 6.07) is -0.499. The summed E-state index contributed by atoms with van der Waals surface area (Å²) in [6.45, 7) is 2.87. The first kappa shape index (κ1) is 17.2. The van der Waals surface area contributed by atoms with E-state index in [9.17, 15) is 14.4 Å². The molecule has 1 aliphatic rings. The number of hydrogen-bond donors (Lipinski definition) is 2. The number of morpholine rings is 1. The van der Waals surface area contributed by atoms with E-state index in [2.05, 4.69) is 10.1 Å². The fourth-order valence-electron chi connectivity index (χ4n) is 2.01. The Morgan fingerprint density at radius 2 is 2.19 bits per heavy atom. The maximum Gasteiger partial charge on any atom is 0.317 e. The smallest absolute Gasteiger partial charge is 0.317 e. The third-order valence-electron chi connectivity index (χ3n) is 3.21. The van der Waals surface area contributed by atoms with Gasteiger partial charge in [-0.3, -0.25) is 9.59 Å². The first-order chi connectivity index (χ1) is 9.92. The van der Waals surface area contributed by atoms with Crippen LogP contribution in [-0.4, -0.2) is 66.9 Å². The SMILES string of the molecule is COC(=O)CC1CN(C(=O)NC(C)CCC(=O)O)CCO1. The van der Waals surface area contributed by atoms with Crippen LogP contribution in [0.1, 0.15) is 26.2 Å². The monoisotopic (exact) mass is 302 g/mol. The summed E-state index contributed by atoms with van der Waals surface area (Å²) in [4.78, 5) is 35.3. The number of hydrogen-bond acceptors (Lipinski definition) is 5. The Morgan fingerprint density at radius 1 is 1.48 bits per heavy atom. The lowest BCUT2D eigenvalue weighted by Gasteiger charge is -2.33. The van der Waals surface area contributed by atoms with Crippen LogP contribution < -0.4 is 5.32 Å². The number of carbonyl (C=O) groups is 3. The maximum atomic E-state index is 12.0. The molecule has 0 aromatic heterocycles. The average molecular weight is 302 g/mol. The molecule has 2 atom stereocenters. The van der Waals surface area contributed by atoms with Gasteiger partial charge in [0.15, 0.2) is 0 Å². The molecule has 0 bridgehead atoms. The van der Waals surface area contributed by atoms with Crippen LogP contribution in [0.5, 0.6) is 0 Å². The number of rotatable bonds is 6. The third-order valence-corrected chi connectivity index (χ3v) is 3.21. The van der Waals surface area contributed by atoms with Gasteiger partial charge in [-0.25, -0.2) is 4.79 Å².